The topological polar surface area (TPSA) is 193 Å². The number of fused-ring (bicyclic) bond motifs is 1. The van der Waals surface area contributed by atoms with Crippen molar-refractivity contribution in [2.75, 3.05) is 24.4 Å². The van der Waals surface area contributed by atoms with Crippen LogP contribution in [0.15, 0.2) is 34.2 Å². The van der Waals surface area contributed by atoms with Crippen molar-refractivity contribution < 1.29 is 24.8 Å². The maximum atomic E-state index is 12.4. The summed E-state index contributed by atoms with van der Waals surface area (Å²) in [6, 6.07) is 7.32. The number of hydrazone groups is 1. The number of aromatic amines is 1. The molecule has 3 aromatic rings. The third kappa shape index (κ3) is 4.39. The molecule has 176 valence electrons. The number of nitrogens with one attached hydrogen (secondary N) is 2. The molecule has 13 heteroatoms. The number of nitrogens with zero attached hydrogens (tertiary/aromatic N) is 4. The van der Waals surface area contributed by atoms with E-state index in [4.69, 9.17) is 15.2 Å². The second-order valence-corrected chi connectivity index (χ2v) is 7.41. The van der Waals surface area contributed by atoms with E-state index >= 15 is 0 Å². The first-order valence-corrected chi connectivity index (χ1v) is 10.4. The van der Waals surface area contributed by atoms with E-state index in [-0.39, 0.29) is 23.1 Å². The van der Waals surface area contributed by atoms with E-state index in [1.165, 1.54) is 10.8 Å². The third-order valence-corrected chi connectivity index (χ3v) is 5.09. The monoisotopic (exact) mass is 459 g/mol. The lowest BCUT2D eigenvalue weighted by molar-refractivity contribution is -0.0501. The number of aliphatic hydroxyl groups is 3. The molecule has 0 radical (unpaired) electrons. The van der Waals surface area contributed by atoms with E-state index in [2.05, 4.69) is 25.5 Å². The Morgan fingerprint density at radius 3 is 2.85 bits per heavy atom. The summed E-state index contributed by atoms with van der Waals surface area (Å²) in [5.41, 5.74) is 8.44. The van der Waals surface area contributed by atoms with Gasteiger partial charge in [0.1, 0.15) is 24.1 Å². The number of imidazole rings is 1. The minimum absolute atomic E-state index is 0.00616. The number of para-hydroxylation sites is 1. The molecule has 33 heavy (non-hydrogen) atoms. The SMILES string of the molecule is CCCOc1ccccc1/C=N\Nc1nc2c(=O)[nH]c(N)nc2n1[C@H]1O[C@@H](CO)[C@@H](O)[C@H]1O. The molecule has 1 aliphatic rings. The van der Waals surface area contributed by atoms with Gasteiger partial charge in [-0.3, -0.25) is 14.3 Å². The predicted molar refractivity (Wildman–Crippen MR) is 119 cm³/mol. The van der Waals surface area contributed by atoms with E-state index in [1.807, 2.05) is 31.2 Å². The van der Waals surface area contributed by atoms with Gasteiger partial charge in [0, 0.05) is 5.56 Å². The molecule has 13 nitrogen and oxygen atoms in total. The van der Waals surface area contributed by atoms with Gasteiger partial charge >= 0.3 is 0 Å². The van der Waals surface area contributed by atoms with Crippen LogP contribution in [0.1, 0.15) is 25.1 Å². The van der Waals surface area contributed by atoms with Crippen LogP contribution in [0.3, 0.4) is 0 Å². The fraction of sp³-hybridized carbons (Fsp3) is 0.400. The van der Waals surface area contributed by atoms with Crippen LogP contribution in [0.5, 0.6) is 5.75 Å². The van der Waals surface area contributed by atoms with E-state index < -0.39 is 36.7 Å². The Morgan fingerprint density at radius 1 is 1.33 bits per heavy atom. The van der Waals surface area contributed by atoms with Crippen molar-refractivity contribution in [3.8, 4) is 5.75 Å². The number of hydrogen-bond acceptors (Lipinski definition) is 11. The van der Waals surface area contributed by atoms with Crippen molar-refractivity contribution in [1.82, 2.24) is 19.5 Å². The Bertz CT molecular complexity index is 1210. The second kappa shape index (κ2) is 9.54. The Morgan fingerprint density at radius 2 is 2.12 bits per heavy atom. The number of ether oxygens (including phenoxy) is 2. The quantitative estimate of drug-likeness (QED) is 0.190. The van der Waals surface area contributed by atoms with Crippen LogP contribution in [0.4, 0.5) is 11.9 Å². The molecule has 4 rings (SSSR count). The average Bonchev–Trinajstić information content (AvgIpc) is 3.30. The molecule has 0 aliphatic carbocycles. The highest BCUT2D eigenvalue weighted by atomic mass is 16.6. The number of nitrogens with two attached hydrogens (primary N) is 1. The minimum atomic E-state index is -1.44. The van der Waals surface area contributed by atoms with Gasteiger partial charge in [0.2, 0.25) is 11.9 Å². The van der Waals surface area contributed by atoms with Crippen molar-refractivity contribution in [2.24, 2.45) is 5.10 Å². The standard InChI is InChI=1S/C20H25N7O6/c1-2-7-32-11-6-4-3-5-10(11)8-22-26-20-23-13-16(24-19(21)25-17(13)31)27(20)18-15(30)14(29)12(9-28)33-18/h3-6,8,12,14-15,18,28-30H,2,7,9H2,1H3,(H,23,26)(H3,21,24,25,31)/b22-8-/t12-,14+,15+,18-/m0/s1. The summed E-state index contributed by atoms with van der Waals surface area (Å²) in [5, 5.41) is 34.3. The fourth-order valence-electron chi connectivity index (χ4n) is 3.50. The molecular formula is C20H25N7O6. The van der Waals surface area contributed by atoms with Gasteiger partial charge in [0.15, 0.2) is 17.4 Å². The van der Waals surface area contributed by atoms with E-state index in [0.29, 0.717) is 17.9 Å². The highest BCUT2D eigenvalue weighted by Gasteiger charge is 2.45. The number of rotatable bonds is 8. The number of benzene rings is 1. The van der Waals surface area contributed by atoms with Gasteiger partial charge in [-0.25, -0.2) is 10.4 Å². The normalized spacial score (nSPS) is 22.9. The zero-order valence-electron chi connectivity index (χ0n) is 17.8. The number of aliphatic hydroxyl groups excluding tert-OH is 3. The zero-order valence-corrected chi connectivity index (χ0v) is 17.8. The van der Waals surface area contributed by atoms with E-state index in [0.717, 1.165) is 6.42 Å². The first kappa shape index (κ1) is 22.7. The van der Waals surface area contributed by atoms with Crippen molar-refractivity contribution in [2.45, 2.75) is 37.9 Å². The van der Waals surface area contributed by atoms with Crippen LogP contribution in [0, 0.1) is 0 Å². The lowest BCUT2D eigenvalue weighted by atomic mass is 10.1. The van der Waals surface area contributed by atoms with Crippen molar-refractivity contribution in [3.05, 3.63) is 40.2 Å². The smallest absolute Gasteiger partial charge is 0.280 e. The van der Waals surface area contributed by atoms with E-state index in [1.54, 1.807) is 0 Å². The molecule has 0 unspecified atom stereocenters. The molecule has 3 heterocycles. The molecule has 1 aliphatic heterocycles. The van der Waals surface area contributed by atoms with Gasteiger partial charge in [-0.1, -0.05) is 19.1 Å². The summed E-state index contributed by atoms with van der Waals surface area (Å²) >= 11 is 0. The first-order valence-electron chi connectivity index (χ1n) is 10.4. The van der Waals surface area contributed by atoms with Gasteiger partial charge in [0.25, 0.3) is 5.56 Å². The molecule has 1 fully saturated rings. The number of aromatic nitrogens is 4. The van der Waals surface area contributed by atoms with Crippen molar-refractivity contribution >= 4 is 29.3 Å². The van der Waals surface area contributed by atoms with Crippen LogP contribution >= 0.6 is 0 Å². The minimum Gasteiger partial charge on any atom is -0.493 e. The molecule has 1 aromatic carbocycles. The van der Waals surface area contributed by atoms with Crippen LogP contribution in [0.25, 0.3) is 11.2 Å². The van der Waals surface area contributed by atoms with Crippen molar-refractivity contribution in [1.29, 1.82) is 0 Å². The van der Waals surface area contributed by atoms with Gasteiger partial charge in [0.05, 0.1) is 19.4 Å². The molecule has 0 amide bonds. The maximum Gasteiger partial charge on any atom is 0.280 e. The molecule has 2 aromatic heterocycles. The first-order chi connectivity index (χ1) is 15.9. The Hall–Kier alpha value is -3.52. The number of anilines is 2. The molecule has 1 saturated heterocycles. The van der Waals surface area contributed by atoms with Gasteiger partial charge in [-0.2, -0.15) is 10.1 Å². The summed E-state index contributed by atoms with van der Waals surface area (Å²) < 4.78 is 12.6. The maximum absolute atomic E-state index is 12.4. The molecule has 0 spiro atoms. The summed E-state index contributed by atoms with van der Waals surface area (Å²) in [5.74, 6) is 0.483. The van der Waals surface area contributed by atoms with Crippen LogP contribution in [-0.4, -0.2) is 72.6 Å². The second-order valence-electron chi connectivity index (χ2n) is 7.41. The third-order valence-electron chi connectivity index (χ3n) is 5.09. The molecule has 0 bridgehead atoms. The molecule has 7 N–H and O–H groups in total. The molecular weight excluding hydrogens is 434 g/mol. The largest absolute Gasteiger partial charge is 0.493 e. The number of nitrogen functional groups attached to an aromatic ring is 1. The van der Waals surface area contributed by atoms with E-state index in [9.17, 15) is 20.1 Å². The molecule has 0 saturated carbocycles. The van der Waals surface area contributed by atoms with Gasteiger partial charge < -0.3 is 30.5 Å². The highest BCUT2D eigenvalue weighted by Crippen LogP contribution is 2.34. The fourth-order valence-corrected chi connectivity index (χ4v) is 3.50. The summed E-state index contributed by atoms with van der Waals surface area (Å²) in [6.07, 6.45) is -2.69. The van der Waals surface area contributed by atoms with Gasteiger partial charge in [-0.15, -0.1) is 0 Å². The highest BCUT2D eigenvalue weighted by molar-refractivity contribution is 5.84. The summed E-state index contributed by atoms with van der Waals surface area (Å²) in [7, 11) is 0. The predicted octanol–water partition coefficient (Wildman–Crippen LogP) is -0.452. The summed E-state index contributed by atoms with van der Waals surface area (Å²) in [6.45, 7) is 2.03. The van der Waals surface area contributed by atoms with Crippen LogP contribution < -0.4 is 21.5 Å². The number of H-pyrrole nitrogens is 1. The zero-order chi connectivity index (χ0) is 23.5. The van der Waals surface area contributed by atoms with Crippen molar-refractivity contribution in [3.63, 3.8) is 0 Å². The summed E-state index contributed by atoms with van der Waals surface area (Å²) in [4.78, 5) is 23.0. The van der Waals surface area contributed by atoms with Gasteiger partial charge in [-0.05, 0) is 18.6 Å². The lowest BCUT2D eigenvalue weighted by Gasteiger charge is -2.18. The Balaban J connectivity index is 1.71. The van der Waals surface area contributed by atoms with Crippen LogP contribution in [0.2, 0.25) is 0 Å². The average molecular weight is 459 g/mol. The Kier molecular flexibility index (Phi) is 6.55. The molecule has 4 atom stereocenters. The lowest BCUT2D eigenvalue weighted by Crippen LogP contribution is -2.33. The number of hydrogen-bond donors (Lipinski definition) is 6. The van der Waals surface area contributed by atoms with Crippen LogP contribution in [-0.2, 0) is 4.74 Å². The Labute approximate surface area is 187 Å².